The van der Waals surface area contributed by atoms with Crippen LogP contribution >= 0.6 is 0 Å². The van der Waals surface area contributed by atoms with Crippen LogP contribution in [0.5, 0.6) is 0 Å². The van der Waals surface area contributed by atoms with E-state index in [1.54, 1.807) is 0 Å². The SMILES string of the molecule is OB(O)O.[Ac].[Ac].[Ac]. The van der Waals surface area contributed by atoms with E-state index >= 15 is 0 Å². The molecule has 0 fully saturated rings. The van der Waals surface area contributed by atoms with Gasteiger partial charge in [0.05, 0.1) is 0 Å². The quantitative estimate of drug-likeness (QED) is 0.251. The first-order chi connectivity index (χ1) is 1.73. The van der Waals surface area contributed by atoms with Gasteiger partial charge < -0.3 is 15.1 Å². The van der Waals surface area contributed by atoms with Crippen LogP contribution in [0.4, 0.5) is 0 Å². The van der Waals surface area contributed by atoms with Crippen molar-refractivity contribution >= 4 is 7.32 Å². The maximum absolute atomic E-state index is 7.17. The first kappa shape index (κ1) is 22.5. The van der Waals surface area contributed by atoms with Gasteiger partial charge in [0.25, 0.3) is 0 Å². The Labute approximate surface area is 150 Å². The third kappa shape index (κ3) is 38.5. The van der Waals surface area contributed by atoms with Crippen molar-refractivity contribution in [1.82, 2.24) is 0 Å². The zero-order chi connectivity index (χ0) is 3.58. The third-order valence-electron chi connectivity index (χ3n) is 0. The normalized spacial score (nSPS) is 3.86. The van der Waals surface area contributed by atoms with Crippen molar-refractivity contribution in [3.05, 3.63) is 0 Å². The van der Waals surface area contributed by atoms with E-state index in [-0.39, 0.29) is 132 Å². The van der Waals surface area contributed by atoms with Crippen molar-refractivity contribution in [3.63, 3.8) is 0 Å². The van der Waals surface area contributed by atoms with Gasteiger partial charge >= 0.3 is 7.32 Å². The first-order valence-electron chi connectivity index (χ1n) is 0.775. The molecule has 0 spiro atoms. The van der Waals surface area contributed by atoms with Gasteiger partial charge in [0.15, 0.2) is 0 Å². The predicted octanol–water partition coefficient (Wildman–Crippen LogP) is -2.05. The predicted molar refractivity (Wildman–Crippen MR) is 12.4 cm³/mol. The van der Waals surface area contributed by atoms with E-state index in [4.69, 9.17) is 15.1 Å². The molecule has 7 heteroatoms. The second-order valence-corrected chi connectivity index (χ2v) is 0.346. The van der Waals surface area contributed by atoms with Gasteiger partial charge in [-0.1, -0.05) is 0 Å². The molecule has 0 aliphatic rings. The summed E-state index contributed by atoms with van der Waals surface area (Å²) in [6.07, 6.45) is 0. The molecule has 0 aromatic heterocycles. The standard InChI is InChI=1S/3Ac.BH3O3/c;;;2-1(3)4/h;;;2-4H. The largest absolute Gasteiger partial charge is 0.631 e. The minimum absolute atomic E-state index is 0. The van der Waals surface area contributed by atoms with Crippen LogP contribution in [0.2, 0.25) is 0 Å². The summed E-state index contributed by atoms with van der Waals surface area (Å²) in [5.41, 5.74) is 0. The fourth-order valence-corrected chi connectivity index (χ4v) is 0. The molecule has 0 aromatic carbocycles. The Morgan fingerprint density at radius 3 is 0.714 bits per heavy atom. The van der Waals surface area contributed by atoms with E-state index in [1.807, 2.05) is 0 Å². The summed E-state index contributed by atoms with van der Waals surface area (Å²) < 4.78 is 0. The monoisotopic (exact) mass is 743 g/mol. The van der Waals surface area contributed by atoms with Crippen LogP contribution in [0.1, 0.15) is 0 Å². The first-order valence-corrected chi connectivity index (χ1v) is 0.775. The van der Waals surface area contributed by atoms with Crippen LogP contribution in [0.15, 0.2) is 0 Å². The van der Waals surface area contributed by atoms with Crippen LogP contribution < -0.4 is 0 Å². The van der Waals surface area contributed by atoms with Crippen LogP contribution in [-0.2, 0) is 0 Å². The molecule has 0 aliphatic carbocycles. The van der Waals surface area contributed by atoms with Gasteiger partial charge in [0.1, 0.15) is 0 Å². The molecule has 3 nitrogen and oxygen atoms in total. The van der Waals surface area contributed by atoms with Gasteiger partial charge in [-0.2, -0.15) is 0 Å². The average molecular weight is 743 g/mol. The summed E-state index contributed by atoms with van der Waals surface area (Å²) in [4.78, 5) is 0. The van der Waals surface area contributed by atoms with Crippen LogP contribution in [-0.4, -0.2) is 22.4 Å². The fraction of sp³-hybridized carbons (Fsp3) is 0. The van der Waals surface area contributed by atoms with Gasteiger partial charge in [-0.15, -0.1) is 0 Å². The van der Waals surface area contributed by atoms with Crippen molar-refractivity contribution in [3.8, 4) is 0 Å². The Hall–Kier alpha value is 4.27. The molecule has 0 saturated carbocycles. The van der Waals surface area contributed by atoms with Crippen LogP contribution in [0.25, 0.3) is 0 Å². The summed E-state index contributed by atoms with van der Waals surface area (Å²) in [7, 11) is -2.17. The molecule has 0 aromatic rings. The van der Waals surface area contributed by atoms with E-state index < -0.39 is 7.32 Å². The third-order valence-corrected chi connectivity index (χ3v) is 0. The number of hydrogen-bond acceptors (Lipinski definition) is 3. The molecule has 0 unspecified atom stereocenters. The van der Waals surface area contributed by atoms with Crippen molar-refractivity contribution in [2.45, 2.75) is 0 Å². The minimum atomic E-state index is -2.17. The molecular weight excluding hydrogens is 740 g/mol. The second kappa shape index (κ2) is 16.7. The van der Waals surface area contributed by atoms with Crippen LogP contribution in [0.3, 0.4) is 0 Å². The maximum Gasteiger partial charge on any atom is 0.631 e. The zero-order valence-corrected chi connectivity index (χ0v) is 17.9. The Kier molecular flexibility index (Phi) is 53.6. The van der Waals surface area contributed by atoms with Gasteiger partial charge in [0, 0.05) is 132 Å². The molecule has 0 atom stereocenters. The molecule has 3 radical (unpaired) electrons. The molecule has 33 valence electrons. The summed E-state index contributed by atoms with van der Waals surface area (Å²) in [6.45, 7) is 0. The van der Waals surface area contributed by atoms with Gasteiger partial charge in [0.2, 0.25) is 0 Å². The molecule has 0 rings (SSSR count). The molecular formula is H3Ac3BO3. The van der Waals surface area contributed by atoms with E-state index in [9.17, 15) is 0 Å². The summed E-state index contributed by atoms with van der Waals surface area (Å²) >= 11 is 0. The molecule has 0 saturated heterocycles. The smallest absolute Gasteiger partial charge is 0.402 e. The van der Waals surface area contributed by atoms with Gasteiger partial charge in [-0.05, 0) is 0 Å². The zero-order valence-electron chi connectivity index (χ0n) is 3.65. The minimum Gasteiger partial charge on any atom is -0.402 e. The van der Waals surface area contributed by atoms with E-state index in [0.29, 0.717) is 0 Å². The second-order valence-electron chi connectivity index (χ2n) is 0.346. The van der Waals surface area contributed by atoms with Crippen molar-refractivity contribution in [1.29, 1.82) is 0 Å². The Morgan fingerprint density at radius 2 is 0.714 bits per heavy atom. The van der Waals surface area contributed by atoms with E-state index in [0.717, 1.165) is 0 Å². The Balaban J connectivity index is -0.0000000150. The topological polar surface area (TPSA) is 60.7 Å². The molecule has 0 aliphatic heterocycles. The van der Waals surface area contributed by atoms with Crippen molar-refractivity contribution in [2.75, 3.05) is 0 Å². The summed E-state index contributed by atoms with van der Waals surface area (Å²) in [6, 6.07) is 0. The number of hydrogen-bond donors (Lipinski definition) is 3. The van der Waals surface area contributed by atoms with E-state index in [2.05, 4.69) is 0 Å². The average Bonchev–Trinajstić information content (AvgIpc) is 0.811. The maximum atomic E-state index is 7.17. The van der Waals surface area contributed by atoms with Crippen molar-refractivity contribution in [2.24, 2.45) is 0 Å². The number of rotatable bonds is 0. The Morgan fingerprint density at radius 1 is 0.714 bits per heavy atom. The molecule has 0 heterocycles. The van der Waals surface area contributed by atoms with Crippen molar-refractivity contribution < 1.29 is 147 Å². The van der Waals surface area contributed by atoms with Crippen LogP contribution in [0, 0.1) is 132 Å². The van der Waals surface area contributed by atoms with E-state index in [1.165, 1.54) is 0 Å². The molecule has 0 amide bonds. The summed E-state index contributed by atoms with van der Waals surface area (Å²) in [5, 5.41) is 21.5. The fourth-order valence-electron chi connectivity index (χ4n) is 0. The molecule has 7 heavy (non-hydrogen) atoms. The molecule has 3 N–H and O–H groups in total. The van der Waals surface area contributed by atoms with Gasteiger partial charge in [-0.3, -0.25) is 0 Å². The van der Waals surface area contributed by atoms with Gasteiger partial charge in [-0.25, -0.2) is 0 Å². The molecule has 0 bridgehead atoms. The Bertz CT molecular complexity index is 14.9. The summed E-state index contributed by atoms with van der Waals surface area (Å²) in [5.74, 6) is 0.